The van der Waals surface area contributed by atoms with Crippen LogP contribution in [0.3, 0.4) is 0 Å². The summed E-state index contributed by atoms with van der Waals surface area (Å²) in [6.07, 6.45) is 4.04. The third kappa shape index (κ3) is 3.29. The topological polar surface area (TPSA) is 24.1 Å². The molecule has 2 nitrogen and oxygen atoms in total. The van der Waals surface area contributed by atoms with Crippen LogP contribution >= 0.6 is 0 Å². The number of hydrogen-bond acceptors (Lipinski definition) is 1. The minimum Gasteiger partial charge on any atom is -1.00 e. The zero-order valence-electron chi connectivity index (χ0n) is 9.75. The summed E-state index contributed by atoms with van der Waals surface area (Å²) >= 11 is 0. The number of benzene rings is 1. The molecule has 1 unspecified atom stereocenters. The first-order chi connectivity index (χ1) is 7.81. The van der Waals surface area contributed by atoms with E-state index in [1.54, 1.807) is 0 Å². The van der Waals surface area contributed by atoms with Crippen molar-refractivity contribution in [3.63, 3.8) is 0 Å². The largest absolute Gasteiger partial charge is 1.00 e. The fourth-order valence-corrected chi connectivity index (χ4v) is 1.86. The van der Waals surface area contributed by atoms with Crippen molar-refractivity contribution in [1.29, 1.82) is 0 Å². The number of halogens is 1. The second-order valence-electron chi connectivity index (χ2n) is 3.94. The molecule has 1 aromatic heterocycles. The molecule has 90 valence electrons. The van der Waals surface area contributed by atoms with E-state index in [-0.39, 0.29) is 25.1 Å². The lowest BCUT2D eigenvalue weighted by Gasteiger charge is -2.10. The van der Waals surface area contributed by atoms with E-state index < -0.39 is 0 Å². The van der Waals surface area contributed by atoms with E-state index in [2.05, 4.69) is 13.0 Å². The van der Waals surface area contributed by atoms with Crippen molar-refractivity contribution < 1.29 is 22.1 Å². The van der Waals surface area contributed by atoms with Crippen molar-refractivity contribution in [3.8, 4) is 0 Å². The quantitative estimate of drug-likeness (QED) is 0.684. The Bertz CT molecular complexity index is 459. The highest BCUT2D eigenvalue weighted by molar-refractivity contribution is 5.17. The van der Waals surface area contributed by atoms with E-state index in [1.807, 2.05) is 53.4 Å². The normalized spacial score (nSPS) is 11.6. The van der Waals surface area contributed by atoms with Crippen molar-refractivity contribution in [2.24, 2.45) is 0 Å². The summed E-state index contributed by atoms with van der Waals surface area (Å²) in [7, 11) is 0. The number of aryl methyl sites for hydroxylation is 1. The summed E-state index contributed by atoms with van der Waals surface area (Å²) in [6.45, 7) is 2.16. The molecule has 0 radical (unpaired) electrons. The Balaban J connectivity index is 0.00000144. The molecule has 0 amide bonds. The first kappa shape index (κ1) is 13.7. The van der Waals surface area contributed by atoms with Crippen LogP contribution in [0.15, 0.2) is 54.9 Å². The molecule has 0 aliphatic carbocycles. The van der Waals surface area contributed by atoms with Gasteiger partial charge >= 0.3 is 0 Å². The van der Waals surface area contributed by atoms with Crippen LogP contribution in [0.4, 0.5) is 0 Å². The summed E-state index contributed by atoms with van der Waals surface area (Å²) < 4.78 is 2.05. The van der Waals surface area contributed by atoms with Gasteiger partial charge in [0.1, 0.15) is 6.61 Å². The molecular weight excluding hydrogens is 234 g/mol. The number of aliphatic hydroxyl groups is 1. The third-order valence-electron chi connectivity index (χ3n) is 2.69. The molecule has 0 aliphatic heterocycles. The van der Waals surface area contributed by atoms with E-state index >= 15 is 0 Å². The Labute approximate surface area is 108 Å². The molecule has 1 aromatic carbocycles. The van der Waals surface area contributed by atoms with E-state index in [0.29, 0.717) is 0 Å². The predicted molar refractivity (Wildman–Crippen MR) is 63.0 cm³/mol. The van der Waals surface area contributed by atoms with Gasteiger partial charge in [0.15, 0.2) is 12.4 Å². The molecule has 1 N–H and O–H groups in total. The van der Waals surface area contributed by atoms with Gasteiger partial charge in [0.05, 0.1) is 0 Å². The number of pyridine rings is 1. The van der Waals surface area contributed by atoms with Crippen molar-refractivity contribution in [2.45, 2.75) is 13.0 Å². The van der Waals surface area contributed by atoms with Gasteiger partial charge in [-0.1, -0.05) is 30.3 Å². The van der Waals surface area contributed by atoms with Crippen LogP contribution in [-0.4, -0.2) is 11.7 Å². The molecule has 0 saturated heterocycles. The smallest absolute Gasteiger partial charge is 0.206 e. The summed E-state index contributed by atoms with van der Waals surface area (Å²) in [6, 6.07) is 14.1. The highest BCUT2D eigenvalue weighted by Gasteiger charge is 2.19. The van der Waals surface area contributed by atoms with Crippen molar-refractivity contribution >= 4 is 0 Å². The van der Waals surface area contributed by atoms with Crippen LogP contribution in [0.25, 0.3) is 0 Å². The second-order valence-corrected chi connectivity index (χ2v) is 3.94. The average molecular weight is 250 g/mol. The van der Waals surface area contributed by atoms with Crippen molar-refractivity contribution in [1.82, 2.24) is 0 Å². The number of hydrogen-bond donors (Lipinski definition) is 1. The number of rotatable bonds is 3. The van der Waals surface area contributed by atoms with Gasteiger partial charge in [-0.15, -0.1) is 0 Å². The standard InChI is InChI=1S/C14H16NO.ClH/c1-12-6-5-9-15(10-12)14(11-16)13-7-3-2-4-8-13;/h2-10,14,16H,11H2,1H3;1H/q+1;/p-1. The molecule has 2 aromatic rings. The Morgan fingerprint density at radius 1 is 1.12 bits per heavy atom. The van der Waals surface area contributed by atoms with E-state index in [9.17, 15) is 5.11 Å². The van der Waals surface area contributed by atoms with Gasteiger partial charge in [0, 0.05) is 17.2 Å². The van der Waals surface area contributed by atoms with Gasteiger partial charge < -0.3 is 17.5 Å². The van der Waals surface area contributed by atoms with Crippen LogP contribution < -0.4 is 17.0 Å². The molecule has 17 heavy (non-hydrogen) atoms. The lowest BCUT2D eigenvalue weighted by atomic mass is 10.1. The fourth-order valence-electron chi connectivity index (χ4n) is 1.86. The van der Waals surface area contributed by atoms with Crippen LogP contribution in [0.5, 0.6) is 0 Å². The van der Waals surface area contributed by atoms with Crippen LogP contribution in [0, 0.1) is 6.92 Å². The zero-order valence-corrected chi connectivity index (χ0v) is 10.5. The molecule has 0 aliphatic rings. The van der Waals surface area contributed by atoms with Gasteiger partial charge in [-0.25, -0.2) is 0 Å². The molecule has 3 heteroatoms. The van der Waals surface area contributed by atoms with Gasteiger partial charge in [-0.05, 0) is 13.0 Å². The lowest BCUT2D eigenvalue weighted by molar-refractivity contribution is -0.715. The van der Waals surface area contributed by atoms with Gasteiger partial charge in [-0.2, -0.15) is 4.57 Å². The minimum absolute atomic E-state index is 0. The molecular formula is C14H16ClNO. The predicted octanol–water partition coefficient (Wildman–Crippen LogP) is -1.13. The van der Waals surface area contributed by atoms with E-state index in [1.165, 1.54) is 5.56 Å². The Morgan fingerprint density at radius 2 is 1.82 bits per heavy atom. The van der Waals surface area contributed by atoms with Gasteiger partial charge in [-0.3, -0.25) is 0 Å². The molecule has 1 atom stereocenters. The summed E-state index contributed by atoms with van der Waals surface area (Å²) in [5, 5.41) is 9.50. The maximum absolute atomic E-state index is 9.50. The molecule has 0 fully saturated rings. The molecule has 1 heterocycles. The van der Waals surface area contributed by atoms with E-state index in [0.717, 1.165) is 5.56 Å². The van der Waals surface area contributed by atoms with E-state index in [4.69, 9.17) is 0 Å². The molecule has 0 spiro atoms. The third-order valence-corrected chi connectivity index (χ3v) is 2.69. The maximum atomic E-state index is 9.50. The molecule has 0 saturated carbocycles. The fraction of sp³-hybridized carbons (Fsp3) is 0.214. The zero-order chi connectivity index (χ0) is 11.4. The Kier molecular flexibility index (Phi) is 5.13. The maximum Gasteiger partial charge on any atom is 0.206 e. The molecule has 2 rings (SSSR count). The monoisotopic (exact) mass is 249 g/mol. The summed E-state index contributed by atoms with van der Waals surface area (Å²) in [4.78, 5) is 0. The van der Waals surface area contributed by atoms with Crippen LogP contribution in [0.1, 0.15) is 17.2 Å². The number of aliphatic hydroxyl groups excluding tert-OH is 1. The minimum atomic E-state index is 0. The highest BCUT2D eigenvalue weighted by atomic mass is 35.5. The highest BCUT2D eigenvalue weighted by Crippen LogP contribution is 2.11. The lowest BCUT2D eigenvalue weighted by Crippen LogP contribution is -3.00. The molecule has 0 bridgehead atoms. The average Bonchev–Trinajstić information content (AvgIpc) is 2.31. The SMILES string of the molecule is Cc1ccc[n+](C(CO)c2ccccc2)c1.[Cl-]. The van der Waals surface area contributed by atoms with Crippen molar-refractivity contribution in [3.05, 3.63) is 66.0 Å². The van der Waals surface area contributed by atoms with Gasteiger partial charge in [0.25, 0.3) is 0 Å². The van der Waals surface area contributed by atoms with Gasteiger partial charge in [0.2, 0.25) is 6.04 Å². The number of aromatic nitrogens is 1. The Morgan fingerprint density at radius 3 is 2.41 bits per heavy atom. The van der Waals surface area contributed by atoms with Crippen LogP contribution in [0.2, 0.25) is 0 Å². The summed E-state index contributed by atoms with van der Waals surface area (Å²) in [5.41, 5.74) is 2.32. The van der Waals surface area contributed by atoms with Crippen molar-refractivity contribution in [2.75, 3.05) is 6.61 Å². The first-order valence-electron chi connectivity index (χ1n) is 5.44. The number of nitrogens with zero attached hydrogens (tertiary/aromatic N) is 1. The summed E-state index contributed by atoms with van der Waals surface area (Å²) in [5.74, 6) is 0. The second kappa shape index (κ2) is 6.38. The van der Waals surface area contributed by atoms with Crippen LogP contribution in [-0.2, 0) is 0 Å². The Hall–Kier alpha value is -1.38. The first-order valence-corrected chi connectivity index (χ1v) is 5.44.